The van der Waals surface area contributed by atoms with E-state index in [0.717, 1.165) is 13.0 Å². The molecule has 1 aromatic carbocycles. The molecule has 0 aliphatic carbocycles. The van der Waals surface area contributed by atoms with Crippen molar-refractivity contribution in [3.63, 3.8) is 0 Å². The van der Waals surface area contributed by atoms with Crippen LogP contribution in [0.2, 0.25) is 0 Å². The van der Waals surface area contributed by atoms with E-state index in [9.17, 15) is 14.9 Å². The predicted molar refractivity (Wildman–Crippen MR) is 98.1 cm³/mol. The summed E-state index contributed by atoms with van der Waals surface area (Å²) in [7, 11) is 0. The van der Waals surface area contributed by atoms with Gasteiger partial charge in [-0.15, -0.1) is 0 Å². The van der Waals surface area contributed by atoms with Gasteiger partial charge in [-0.3, -0.25) is 9.59 Å². The van der Waals surface area contributed by atoms with Gasteiger partial charge in [0.05, 0.1) is 6.54 Å². The van der Waals surface area contributed by atoms with Gasteiger partial charge in [-0.25, -0.2) is 4.98 Å². The van der Waals surface area contributed by atoms with Gasteiger partial charge in [-0.1, -0.05) is 23.9 Å². The van der Waals surface area contributed by atoms with Gasteiger partial charge in [0.25, 0.3) is 5.56 Å². The molecule has 1 saturated heterocycles. The van der Waals surface area contributed by atoms with Crippen molar-refractivity contribution in [3.8, 4) is 23.1 Å². The van der Waals surface area contributed by atoms with Gasteiger partial charge in [-0.05, 0) is 24.8 Å². The van der Waals surface area contributed by atoms with Crippen molar-refractivity contribution in [1.29, 1.82) is 5.26 Å². The van der Waals surface area contributed by atoms with Crippen LogP contribution in [-0.2, 0) is 4.79 Å². The van der Waals surface area contributed by atoms with Crippen LogP contribution >= 0.6 is 11.8 Å². The maximum atomic E-state index is 12.1. The molecular weight excluding hydrogens is 352 g/mol. The van der Waals surface area contributed by atoms with Crippen molar-refractivity contribution in [3.05, 3.63) is 40.2 Å². The summed E-state index contributed by atoms with van der Waals surface area (Å²) >= 11 is 1.29. The molecule has 0 bridgehead atoms. The zero-order valence-electron chi connectivity index (χ0n) is 14.3. The molecule has 1 aliphatic heterocycles. The Labute approximate surface area is 155 Å². The standard InChI is InChI=1S/C18H18N4O3S/c1-26-18-20-16(13(11-19)17(24)21-18)12-5-2-3-6-14(12)25-10-9-22-8-4-7-15(22)23/h2-3,5-6H,4,7-10H2,1H3,(H,20,21,24). The molecule has 0 atom stereocenters. The van der Waals surface area contributed by atoms with Crippen molar-refractivity contribution < 1.29 is 9.53 Å². The minimum absolute atomic E-state index is 0.0476. The highest BCUT2D eigenvalue weighted by Crippen LogP contribution is 2.30. The van der Waals surface area contributed by atoms with Crippen molar-refractivity contribution in [2.24, 2.45) is 0 Å². The molecule has 0 saturated carbocycles. The van der Waals surface area contributed by atoms with Crippen molar-refractivity contribution in [1.82, 2.24) is 14.9 Å². The summed E-state index contributed by atoms with van der Waals surface area (Å²) in [5.41, 5.74) is 0.361. The number of hydrogen-bond acceptors (Lipinski definition) is 6. The number of thioether (sulfide) groups is 1. The highest BCUT2D eigenvalue weighted by Gasteiger charge is 2.20. The smallest absolute Gasteiger partial charge is 0.270 e. The number of H-pyrrole nitrogens is 1. The number of nitrogens with zero attached hydrogens (tertiary/aromatic N) is 3. The number of nitriles is 1. The van der Waals surface area contributed by atoms with Gasteiger partial charge in [0.1, 0.15) is 29.7 Å². The molecule has 1 fully saturated rings. The second-order valence-electron chi connectivity index (χ2n) is 5.74. The fraction of sp³-hybridized carbons (Fsp3) is 0.333. The lowest BCUT2D eigenvalue weighted by atomic mass is 10.1. The molecule has 0 radical (unpaired) electrons. The Balaban J connectivity index is 1.88. The first-order valence-electron chi connectivity index (χ1n) is 8.22. The van der Waals surface area contributed by atoms with E-state index < -0.39 is 5.56 Å². The summed E-state index contributed by atoms with van der Waals surface area (Å²) in [4.78, 5) is 32.6. The fourth-order valence-corrected chi connectivity index (χ4v) is 3.22. The number of benzene rings is 1. The number of aromatic amines is 1. The Bertz CT molecular complexity index is 919. The van der Waals surface area contributed by atoms with Crippen LogP contribution in [0.1, 0.15) is 18.4 Å². The molecule has 3 rings (SSSR count). The van der Waals surface area contributed by atoms with E-state index in [1.165, 1.54) is 11.8 Å². The topological polar surface area (TPSA) is 99.1 Å². The average Bonchev–Trinajstić information content (AvgIpc) is 3.06. The van der Waals surface area contributed by atoms with E-state index in [1.54, 1.807) is 29.4 Å². The highest BCUT2D eigenvalue weighted by atomic mass is 32.2. The number of amides is 1. The van der Waals surface area contributed by atoms with Gasteiger partial charge in [0.15, 0.2) is 5.16 Å². The van der Waals surface area contributed by atoms with Crippen LogP contribution in [0.3, 0.4) is 0 Å². The second kappa shape index (κ2) is 8.06. The lowest BCUT2D eigenvalue weighted by Gasteiger charge is -2.17. The second-order valence-corrected chi connectivity index (χ2v) is 6.53. The average molecular weight is 370 g/mol. The Morgan fingerprint density at radius 1 is 1.38 bits per heavy atom. The van der Waals surface area contributed by atoms with E-state index in [-0.39, 0.29) is 11.5 Å². The molecule has 8 heteroatoms. The molecule has 1 aliphatic rings. The number of ether oxygens (including phenoxy) is 1. The lowest BCUT2D eigenvalue weighted by molar-refractivity contribution is -0.128. The van der Waals surface area contributed by atoms with E-state index in [1.807, 2.05) is 12.1 Å². The summed E-state index contributed by atoms with van der Waals surface area (Å²) in [5, 5.41) is 9.79. The van der Waals surface area contributed by atoms with E-state index in [0.29, 0.717) is 41.7 Å². The molecule has 2 aromatic rings. The number of para-hydroxylation sites is 1. The first-order valence-corrected chi connectivity index (χ1v) is 9.45. The van der Waals surface area contributed by atoms with Crippen LogP contribution in [0.25, 0.3) is 11.3 Å². The first-order chi connectivity index (χ1) is 12.6. The SMILES string of the molecule is CSc1nc(-c2ccccc2OCCN2CCCC2=O)c(C#N)c(=O)[nH]1. The van der Waals surface area contributed by atoms with Gasteiger partial charge < -0.3 is 14.6 Å². The quantitative estimate of drug-likeness (QED) is 0.617. The summed E-state index contributed by atoms with van der Waals surface area (Å²) in [6, 6.07) is 9.07. The summed E-state index contributed by atoms with van der Waals surface area (Å²) in [6.45, 7) is 1.61. The maximum absolute atomic E-state index is 12.1. The highest BCUT2D eigenvalue weighted by molar-refractivity contribution is 7.98. The number of rotatable bonds is 6. The Hall–Kier alpha value is -2.79. The number of carbonyl (C=O) groups is 1. The van der Waals surface area contributed by atoms with Crippen LogP contribution < -0.4 is 10.3 Å². The van der Waals surface area contributed by atoms with E-state index in [4.69, 9.17) is 4.74 Å². The van der Waals surface area contributed by atoms with E-state index in [2.05, 4.69) is 9.97 Å². The molecule has 134 valence electrons. The monoisotopic (exact) mass is 370 g/mol. The van der Waals surface area contributed by atoms with Crippen LogP contribution in [0.5, 0.6) is 5.75 Å². The van der Waals surface area contributed by atoms with Crippen LogP contribution in [0.15, 0.2) is 34.2 Å². The third-order valence-electron chi connectivity index (χ3n) is 4.14. The first kappa shape index (κ1) is 18.0. The number of likely N-dealkylation sites (tertiary alicyclic amines) is 1. The zero-order valence-corrected chi connectivity index (χ0v) is 15.1. The van der Waals surface area contributed by atoms with Gasteiger partial charge in [0.2, 0.25) is 5.91 Å². The number of hydrogen-bond donors (Lipinski definition) is 1. The molecule has 1 amide bonds. The lowest BCUT2D eigenvalue weighted by Crippen LogP contribution is -2.29. The molecular formula is C18H18N4O3S. The number of nitrogens with one attached hydrogen (secondary N) is 1. The molecule has 1 N–H and O–H groups in total. The van der Waals surface area contributed by atoms with Crippen molar-refractivity contribution >= 4 is 17.7 Å². The zero-order chi connectivity index (χ0) is 18.5. The third-order valence-corrected chi connectivity index (χ3v) is 4.72. The Kier molecular flexibility index (Phi) is 5.58. The fourth-order valence-electron chi connectivity index (χ4n) is 2.84. The summed E-state index contributed by atoms with van der Waals surface area (Å²) in [5.74, 6) is 0.676. The summed E-state index contributed by atoms with van der Waals surface area (Å²) in [6.07, 6.45) is 3.27. The van der Waals surface area contributed by atoms with Crippen molar-refractivity contribution in [2.45, 2.75) is 18.0 Å². The Morgan fingerprint density at radius 2 is 2.19 bits per heavy atom. The number of aromatic nitrogens is 2. The molecule has 0 unspecified atom stereocenters. The molecule has 0 spiro atoms. The van der Waals surface area contributed by atoms with Crippen LogP contribution in [0, 0.1) is 11.3 Å². The largest absolute Gasteiger partial charge is 0.491 e. The molecule has 1 aromatic heterocycles. The van der Waals surface area contributed by atoms with Crippen LogP contribution in [-0.4, -0.2) is 46.7 Å². The Morgan fingerprint density at radius 3 is 2.88 bits per heavy atom. The van der Waals surface area contributed by atoms with Crippen LogP contribution in [0.4, 0.5) is 0 Å². The normalized spacial score (nSPS) is 13.7. The maximum Gasteiger partial charge on any atom is 0.270 e. The molecule has 2 heterocycles. The van der Waals surface area contributed by atoms with Gasteiger partial charge in [0, 0.05) is 18.5 Å². The minimum atomic E-state index is -0.473. The van der Waals surface area contributed by atoms with Crippen molar-refractivity contribution in [2.75, 3.05) is 26.0 Å². The van der Waals surface area contributed by atoms with Gasteiger partial charge >= 0.3 is 0 Å². The minimum Gasteiger partial charge on any atom is -0.491 e. The molecule has 26 heavy (non-hydrogen) atoms. The number of carbonyl (C=O) groups excluding carboxylic acids is 1. The van der Waals surface area contributed by atoms with Gasteiger partial charge in [-0.2, -0.15) is 5.26 Å². The van der Waals surface area contributed by atoms with E-state index >= 15 is 0 Å². The molecule has 7 nitrogen and oxygen atoms in total. The third kappa shape index (κ3) is 3.73. The predicted octanol–water partition coefficient (Wildman–Crippen LogP) is 2.03. The summed E-state index contributed by atoms with van der Waals surface area (Å²) < 4.78 is 5.85.